The molecule has 4 aromatic rings. The molecule has 2 heterocycles. The van der Waals surface area contributed by atoms with Gasteiger partial charge < -0.3 is 25.8 Å². The van der Waals surface area contributed by atoms with Crippen LogP contribution in [0.5, 0.6) is 0 Å². The van der Waals surface area contributed by atoms with E-state index in [9.17, 15) is 27.6 Å². The number of hydrogen-bond donors (Lipinski definition) is 3. The monoisotopic (exact) mass is 634 g/mol. The molecule has 13 heteroatoms. The summed E-state index contributed by atoms with van der Waals surface area (Å²) in [6.07, 6.45) is -3.85. The number of ether oxygens (including phenoxy) is 1. The highest BCUT2D eigenvalue weighted by molar-refractivity contribution is 5.94. The molecular formula is C33H29F3N4O6. The molecule has 0 spiro atoms. The van der Waals surface area contributed by atoms with Gasteiger partial charge >= 0.3 is 18.2 Å². The molecule has 0 saturated carbocycles. The summed E-state index contributed by atoms with van der Waals surface area (Å²) in [5.74, 6) is -3.08. The van der Waals surface area contributed by atoms with E-state index in [1.807, 2.05) is 24.3 Å². The van der Waals surface area contributed by atoms with E-state index < -0.39 is 30.3 Å². The number of benzene rings is 3. The standard InChI is InChI=1S/C31H28N4O4.C2HF3O2/c32-27-17-34(31(38)39-19-26-24-9-3-1-7-22(24)23-8-2-4-10-25(23)26)18-28(27)33-30(37)20-12-14-21(15-13-20)35-16-6-5-11-29(35)36;3-2(4,5)1(6)7/h1-16,26-28H,17-19,32H2,(H,33,37);(H,6,7)/t27-,28+;/m1./s1. The van der Waals surface area contributed by atoms with Gasteiger partial charge in [0.25, 0.3) is 11.5 Å². The summed E-state index contributed by atoms with van der Waals surface area (Å²) >= 11 is 0. The number of nitrogens with zero attached hydrogens (tertiary/aromatic N) is 2. The Hall–Kier alpha value is -5.43. The smallest absolute Gasteiger partial charge is 0.475 e. The Bertz CT molecular complexity index is 1760. The lowest BCUT2D eigenvalue weighted by molar-refractivity contribution is -0.192. The van der Waals surface area contributed by atoms with Gasteiger partial charge in [-0.2, -0.15) is 13.2 Å². The molecule has 2 aliphatic rings. The predicted octanol–water partition coefficient (Wildman–Crippen LogP) is 4.16. The Morgan fingerprint density at radius 2 is 1.43 bits per heavy atom. The van der Waals surface area contributed by atoms with Crippen LogP contribution in [-0.4, -0.2) is 70.5 Å². The van der Waals surface area contributed by atoms with Crippen LogP contribution >= 0.6 is 0 Å². The Labute approximate surface area is 260 Å². The van der Waals surface area contributed by atoms with Crippen LogP contribution in [0.15, 0.2) is 102 Å². The normalized spacial score (nSPS) is 16.9. The average Bonchev–Trinajstić information content (AvgIpc) is 3.57. The van der Waals surface area contributed by atoms with Crippen molar-refractivity contribution in [1.29, 1.82) is 0 Å². The molecule has 3 aromatic carbocycles. The molecule has 4 N–H and O–H groups in total. The maximum atomic E-state index is 13.0. The lowest BCUT2D eigenvalue weighted by Gasteiger charge is -2.19. The highest BCUT2D eigenvalue weighted by Crippen LogP contribution is 2.44. The fourth-order valence-corrected chi connectivity index (χ4v) is 5.48. The van der Waals surface area contributed by atoms with Crippen LogP contribution in [0.4, 0.5) is 18.0 Å². The van der Waals surface area contributed by atoms with Gasteiger partial charge in [0, 0.05) is 48.6 Å². The van der Waals surface area contributed by atoms with Crippen molar-refractivity contribution in [2.75, 3.05) is 19.7 Å². The molecule has 1 aliphatic heterocycles. The van der Waals surface area contributed by atoms with E-state index in [1.54, 1.807) is 47.5 Å². The number of amides is 2. The first kappa shape index (κ1) is 32.0. The molecule has 238 valence electrons. The van der Waals surface area contributed by atoms with Gasteiger partial charge in [-0.25, -0.2) is 9.59 Å². The van der Waals surface area contributed by atoms with Crippen molar-refractivity contribution in [3.63, 3.8) is 0 Å². The zero-order valence-electron chi connectivity index (χ0n) is 24.2. The van der Waals surface area contributed by atoms with Crippen LogP contribution in [0.1, 0.15) is 27.4 Å². The first-order valence-corrected chi connectivity index (χ1v) is 14.2. The highest BCUT2D eigenvalue weighted by atomic mass is 19.4. The van der Waals surface area contributed by atoms with Gasteiger partial charge in [-0.05, 0) is 52.6 Å². The van der Waals surface area contributed by atoms with Crippen molar-refractivity contribution in [3.8, 4) is 16.8 Å². The third kappa shape index (κ3) is 6.94. The highest BCUT2D eigenvalue weighted by Gasteiger charge is 2.38. The molecule has 0 unspecified atom stereocenters. The van der Waals surface area contributed by atoms with E-state index in [0.717, 1.165) is 11.1 Å². The van der Waals surface area contributed by atoms with Crippen LogP contribution in [0.25, 0.3) is 16.8 Å². The number of likely N-dealkylation sites (tertiary alicyclic amines) is 1. The number of carbonyl (C=O) groups excluding carboxylic acids is 2. The SMILES string of the molecule is N[C@@H]1CN(C(=O)OCC2c3ccccc3-c3ccccc32)C[C@@H]1NC(=O)c1ccc(-n2ccccc2=O)cc1.O=C(O)C(F)(F)F. The quantitative estimate of drug-likeness (QED) is 0.299. The molecule has 2 amide bonds. The van der Waals surface area contributed by atoms with Crippen molar-refractivity contribution < 1.29 is 37.4 Å². The van der Waals surface area contributed by atoms with Gasteiger partial charge in [0.1, 0.15) is 6.61 Å². The molecule has 1 saturated heterocycles. The predicted molar refractivity (Wildman–Crippen MR) is 162 cm³/mol. The summed E-state index contributed by atoms with van der Waals surface area (Å²) in [4.78, 5) is 48.4. The van der Waals surface area contributed by atoms with Gasteiger partial charge in [0.15, 0.2) is 0 Å². The number of carboxylic acid groups (broad SMARTS) is 1. The summed E-state index contributed by atoms with van der Waals surface area (Å²) in [5, 5.41) is 10.1. The summed E-state index contributed by atoms with van der Waals surface area (Å²) in [6.45, 7) is 0.783. The third-order valence-electron chi connectivity index (χ3n) is 7.75. The van der Waals surface area contributed by atoms with Crippen LogP contribution in [0.3, 0.4) is 0 Å². The molecule has 46 heavy (non-hydrogen) atoms. The molecule has 2 atom stereocenters. The number of hydrogen-bond acceptors (Lipinski definition) is 6. The van der Waals surface area contributed by atoms with Crippen molar-refractivity contribution in [2.45, 2.75) is 24.2 Å². The number of pyridine rings is 1. The maximum absolute atomic E-state index is 13.0. The average molecular weight is 635 g/mol. The van der Waals surface area contributed by atoms with Crippen molar-refractivity contribution in [1.82, 2.24) is 14.8 Å². The van der Waals surface area contributed by atoms with E-state index >= 15 is 0 Å². The lowest BCUT2D eigenvalue weighted by Crippen LogP contribution is -2.46. The minimum atomic E-state index is -5.08. The lowest BCUT2D eigenvalue weighted by atomic mass is 9.98. The van der Waals surface area contributed by atoms with Gasteiger partial charge in [-0.3, -0.25) is 14.2 Å². The number of carboxylic acids is 1. The zero-order chi connectivity index (χ0) is 33.0. The number of alkyl halides is 3. The minimum absolute atomic E-state index is 0.0251. The van der Waals surface area contributed by atoms with Gasteiger partial charge in [-0.15, -0.1) is 0 Å². The first-order valence-electron chi connectivity index (χ1n) is 14.2. The number of nitrogens with one attached hydrogen (secondary N) is 1. The van der Waals surface area contributed by atoms with E-state index in [4.69, 9.17) is 20.4 Å². The van der Waals surface area contributed by atoms with E-state index in [2.05, 4.69) is 29.6 Å². The van der Waals surface area contributed by atoms with Crippen molar-refractivity contribution in [3.05, 3.63) is 124 Å². The number of aromatic nitrogens is 1. The van der Waals surface area contributed by atoms with Crippen LogP contribution in [-0.2, 0) is 9.53 Å². The number of fused-ring (bicyclic) bond motifs is 3. The van der Waals surface area contributed by atoms with E-state index in [0.29, 0.717) is 11.3 Å². The zero-order valence-corrected chi connectivity index (χ0v) is 24.2. The fourth-order valence-electron chi connectivity index (χ4n) is 5.48. The number of nitrogens with two attached hydrogens (primary N) is 1. The van der Waals surface area contributed by atoms with Crippen molar-refractivity contribution in [2.24, 2.45) is 5.73 Å². The second-order valence-corrected chi connectivity index (χ2v) is 10.7. The number of aliphatic carboxylic acids is 1. The topological polar surface area (TPSA) is 144 Å². The first-order chi connectivity index (χ1) is 21.9. The molecule has 10 nitrogen and oxygen atoms in total. The molecule has 1 fully saturated rings. The second kappa shape index (κ2) is 13.3. The molecule has 0 radical (unpaired) electrons. The van der Waals surface area contributed by atoms with E-state index in [1.165, 1.54) is 21.8 Å². The largest absolute Gasteiger partial charge is 0.490 e. The molecule has 0 bridgehead atoms. The maximum Gasteiger partial charge on any atom is 0.490 e. The van der Waals surface area contributed by atoms with Crippen LogP contribution < -0.4 is 16.6 Å². The summed E-state index contributed by atoms with van der Waals surface area (Å²) in [7, 11) is 0. The Morgan fingerprint density at radius 3 is 2.00 bits per heavy atom. The van der Waals surface area contributed by atoms with Crippen molar-refractivity contribution >= 4 is 18.0 Å². The van der Waals surface area contributed by atoms with Gasteiger partial charge in [0.2, 0.25) is 0 Å². The van der Waals surface area contributed by atoms with Crippen LogP contribution in [0.2, 0.25) is 0 Å². The van der Waals surface area contributed by atoms with Gasteiger partial charge in [0.05, 0.1) is 6.04 Å². The molecule has 6 rings (SSSR count). The van der Waals surface area contributed by atoms with Crippen LogP contribution in [0, 0.1) is 0 Å². The number of halogens is 3. The third-order valence-corrected chi connectivity index (χ3v) is 7.75. The number of rotatable bonds is 5. The molecule has 1 aliphatic carbocycles. The fraction of sp³-hybridized carbons (Fsp3) is 0.212. The Balaban J connectivity index is 0.000000537. The van der Waals surface area contributed by atoms with Gasteiger partial charge in [-0.1, -0.05) is 54.6 Å². The van der Waals surface area contributed by atoms with E-state index in [-0.39, 0.29) is 37.1 Å². The molecular weight excluding hydrogens is 605 g/mol. The summed E-state index contributed by atoms with van der Waals surface area (Å²) in [5.41, 5.74) is 11.9. The number of carbonyl (C=O) groups is 3. The summed E-state index contributed by atoms with van der Waals surface area (Å²) < 4.78 is 39.0. The Kier molecular flexibility index (Phi) is 9.23. The minimum Gasteiger partial charge on any atom is -0.475 e. The second-order valence-electron chi connectivity index (χ2n) is 10.7. The molecule has 1 aromatic heterocycles. The Morgan fingerprint density at radius 1 is 0.870 bits per heavy atom. The summed E-state index contributed by atoms with van der Waals surface area (Å²) in [6, 6.07) is 27.2.